The lowest BCUT2D eigenvalue weighted by molar-refractivity contribution is 0.0203. The van der Waals surface area contributed by atoms with Gasteiger partial charge in [0, 0.05) is 49.7 Å². The van der Waals surface area contributed by atoms with Crippen molar-refractivity contribution < 1.29 is 28.5 Å². The topological polar surface area (TPSA) is 107 Å². The van der Waals surface area contributed by atoms with E-state index in [0.717, 1.165) is 42.9 Å². The first-order valence-corrected chi connectivity index (χ1v) is 14.8. The molecule has 0 N–H and O–H groups in total. The van der Waals surface area contributed by atoms with Crippen LogP contribution >= 0.6 is 0 Å². The minimum absolute atomic E-state index is 0.101. The molecule has 2 fully saturated rings. The van der Waals surface area contributed by atoms with Crippen LogP contribution in [0.3, 0.4) is 0 Å². The monoisotopic (exact) mass is 581 g/mol. The van der Waals surface area contributed by atoms with Gasteiger partial charge in [0.1, 0.15) is 17.8 Å². The van der Waals surface area contributed by atoms with E-state index < -0.39 is 17.3 Å². The van der Waals surface area contributed by atoms with Crippen molar-refractivity contribution in [2.75, 3.05) is 49.2 Å². The third kappa shape index (κ3) is 6.56. The van der Waals surface area contributed by atoms with Crippen molar-refractivity contribution in [1.29, 1.82) is 0 Å². The first kappa shape index (κ1) is 29.9. The quantitative estimate of drug-likeness (QED) is 0.441. The number of ether oxygens (including phenoxy) is 4. The maximum absolute atomic E-state index is 13.9. The molecule has 2 aromatic rings. The Morgan fingerprint density at radius 1 is 0.929 bits per heavy atom. The van der Waals surface area contributed by atoms with Gasteiger partial charge in [0.15, 0.2) is 11.6 Å². The van der Waals surface area contributed by atoms with Crippen LogP contribution in [0, 0.1) is 6.92 Å². The third-order valence-corrected chi connectivity index (χ3v) is 7.46. The number of likely N-dealkylation sites (tertiary alicyclic amines) is 1. The van der Waals surface area contributed by atoms with E-state index in [9.17, 15) is 9.59 Å². The molecule has 0 bridgehead atoms. The Balaban J connectivity index is 1.50. The van der Waals surface area contributed by atoms with Gasteiger partial charge in [0.25, 0.3) is 0 Å². The fraction of sp³-hybridized carbons (Fsp3) is 0.613. The predicted molar refractivity (Wildman–Crippen MR) is 159 cm³/mol. The molecule has 0 aromatic carbocycles. The van der Waals surface area contributed by atoms with Gasteiger partial charge in [0.2, 0.25) is 0 Å². The summed E-state index contributed by atoms with van der Waals surface area (Å²) in [5, 5.41) is 0. The number of amides is 2. The summed E-state index contributed by atoms with van der Waals surface area (Å²) in [7, 11) is 0. The van der Waals surface area contributed by atoms with E-state index in [4.69, 9.17) is 28.9 Å². The lowest BCUT2D eigenvalue weighted by Crippen LogP contribution is -2.41. The molecule has 2 saturated heterocycles. The van der Waals surface area contributed by atoms with E-state index in [2.05, 4.69) is 4.90 Å². The number of hydrogen-bond acceptors (Lipinski definition) is 9. The van der Waals surface area contributed by atoms with Crippen LogP contribution in [0.1, 0.15) is 77.3 Å². The molecular weight excluding hydrogens is 538 g/mol. The first-order chi connectivity index (χ1) is 19.8. The number of morpholine rings is 1. The molecule has 11 heteroatoms. The van der Waals surface area contributed by atoms with Gasteiger partial charge >= 0.3 is 12.2 Å². The minimum atomic E-state index is -0.716. The minimum Gasteiger partial charge on any atom is -0.485 e. The smallest absolute Gasteiger partial charge is 0.420 e. The van der Waals surface area contributed by atoms with E-state index in [0.29, 0.717) is 49.3 Å². The number of aromatic nitrogens is 2. The number of pyridine rings is 2. The summed E-state index contributed by atoms with van der Waals surface area (Å²) < 4.78 is 23.5. The summed E-state index contributed by atoms with van der Waals surface area (Å²) >= 11 is 0. The highest BCUT2D eigenvalue weighted by Gasteiger charge is 2.36. The summed E-state index contributed by atoms with van der Waals surface area (Å²) in [6.07, 6.45) is 2.36. The molecule has 3 aliphatic rings. The van der Waals surface area contributed by atoms with Gasteiger partial charge in [-0.15, -0.1) is 0 Å². The maximum atomic E-state index is 13.9. The number of carbonyl (C=O) groups excluding carboxylic acids is 2. The van der Waals surface area contributed by atoms with Crippen LogP contribution in [-0.2, 0) is 20.8 Å². The molecule has 3 aliphatic heterocycles. The summed E-state index contributed by atoms with van der Waals surface area (Å²) in [5.74, 6) is 1.12. The predicted octanol–water partition coefficient (Wildman–Crippen LogP) is 5.70. The Kier molecular flexibility index (Phi) is 8.24. The number of piperidine rings is 1. The van der Waals surface area contributed by atoms with Crippen LogP contribution in [0.4, 0.5) is 26.8 Å². The van der Waals surface area contributed by atoms with Gasteiger partial charge in [-0.1, -0.05) is 0 Å². The number of hydrogen-bond donors (Lipinski definition) is 0. The Morgan fingerprint density at radius 2 is 1.57 bits per heavy atom. The van der Waals surface area contributed by atoms with Gasteiger partial charge in [-0.2, -0.15) is 0 Å². The molecule has 5 rings (SSSR count). The van der Waals surface area contributed by atoms with Crippen LogP contribution in [0.25, 0.3) is 0 Å². The fourth-order valence-electron chi connectivity index (χ4n) is 5.56. The SMILES string of the molecule is Cc1nc(C2CCN(C(=O)OC(C)(C)C)CC2)cc2c1OCc1c(N3CCOCC3)ccnc1N2C(=O)OC(C)(C)C. The molecule has 2 amide bonds. The number of nitrogens with zero attached hydrogens (tertiary/aromatic N) is 5. The van der Waals surface area contributed by atoms with E-state index >= 15 is 0 Å². The van der Waals surface area contributed by atoms with Crippen LogP contribution in [0.5, 0.6) is 5.75 Å². The van der Waals surface area contributed by atoms with Crippen molar-refractivity contribution in [1.82, 2.24) is 14.9 Å². The standard InChI is InChI=1S/C31H43N5O6/c1-20-26-25(18-23(33-20)21-9-12-35(13-10-21)28(37)41-30(2,3)4)36(29(38)42-31(5,6)7)27-22(19-40-26)24(8-11-32-27)34-14-16-39-17-15-34/h8,11,18,21H,9-10,12-17,19H2,1-7H3. The Hall–Kier alpha value is -3.60. The molecule has 0 saturated carbocycles. The van der Waals surface area contributed by atoms with Crippen LogP contribution in [0.2, 0.25) is 0 Å². The summed E-state index contributed by atoms with van der Waals surface area (Å²) in [6, 6.07) is 3.89. The van der Waals surface area contributed by atoms with Crippen molar-refractivity contribution in [3.05, 3.63) is 35.3 Å². The molecule has 11 nitrogen and oxygen atoms in total. The summed E-state index contributed by atoms with van der Waals surface area (Å²) in [6.45, 7) is 17.2. The molecule has 2 aromatic heterocycles. The van der Waals surface area contributed by atoms with Crippen molar-refractivity contribution in [3.63, 3.8) is 0 Å². The maximum Gasteiger partial charge on any atom is 0.420 e. The average molecular weight is 582 g/mol. The zero-order valence-corrected chi connectivity index (χ0v) is 25.9. The molecular formula is C31H43N5O6. The molecule has 5 heterocycles. The Morgan fingerprint density at radius 3 is 2.21 bits per heavy atom. The highest BCUT2D eigenvalue weighted by molar-refractivity contribution is 5.99. The molecule has 0 radical (unpaired) electrons. The molecule has 0 spiro atoms. The lowest BCUT2D eigenvalue weighted by Gasteiger charge is -2.34. The third-order valence-electron chi connectivity index (χ3n) is 7.46. The summed E-state index contributed by atoms with van der Waals surface area (Å²) in [4.78, 5) is 41.7. The second-order valence-corrected chi connectivity index (χ2v) is 13.1. The number of anilines is 3. The van der Waals surface area contributed by atoms with Crippen molar-refractivity contribution >= 4 is 29.4 Å². The van der Waals surface area contributed by atoms with E-state index in [1.54, 1.807) is 16.0 Å². The van der Waals surface area contributed by atoms with Gasteiger partial charge < -0.3 is 28.7 Å². The van der Waals surface area contributed by atoms with E-state index in [1.165, 1.54) is 0 Å². The second-order valence-electron chi connectivity index (χ2n) is 13.1. The van der Waals surface area contributed by atoms with Gasteiger partial charge in [-0.25, -0.2) is 19.5 Å². The van der Waals surface area contributed by atoms with Crippen molar-refractivity contribution in [3.8, 4) is 5.75 Å². The van der Waals surface area contributed by atoms with Crippen LogP contribution in [0.15, 0.2) is 18.3 Å². The van der Waals surface area contributed by atoms with Crippen LogP contribution in [-0.4, -0.2) is 77.6 Å². The van der Waals surface area contributed by atoms with Crippen molar-refractivity contribution in [2.24, 2.45) is 0 Å². The van der Waals surface area contributed by atoms with Gasteiger partial charge in [-0.05, 0) is 73.4 Å². The lowest BCUT2D eigenvalue weighted by atomic mass is 9.92. The Bertz CT molecular complexity index is 1320. The highest BCUT2D eigenvalue weighted by atomic mass is 16.6. The van der Waals surface area contributed by atoms with E-state index in [1.807, 2.05) is 60.6 Å². The Labute approximate surface area is 248 Å². The van der Waals surface area contributed by atoms with E-state index in [-0.39, 0.29) is 18.6 Å². The van der Waals surface area contributed by atoms with Crippen LogP contribution < -0.4 is 14.5 Å². The van der Waals surface area contributed by atoms with Crippen molar-refractivity contribution in [2.45, 2.75) is 85.0 Å². The largest absolute Gasteiger partial charge is 0.485 e. The average Bonchev–Trinajstić information content (AvgIpc) is 3.09. The number of rotatable bonds is 2. The first-order valence-electron chi connectivity index (χ1n) is 14.8. The molecule has 0 unspecified atom stereocenters. The van der Waals surface area contributed by atoms with Gasteiger partial charge in [0.05, 0.1) is 30.2 Å². The zero-order valence-electron chi connectivity index (χ0n) is 25.9. The molecule has 0 atom stereocenters. The second kappa shape index (κ2) is 11.6. The zero-order chi connectivity index (χ0) is 30.2. The number of fused-ring (bicyclic) bond motifs is 2. The highest BCUT2D eigenvalue weighted by Crippen LogP contribution is 2.45. The number of aryl methyl sites for hydroxylation is 1. The summed E-state index contributed by atoms with van der Waals surface area (Å²) in [5.41, 5.74) is 2.61. The molecule has 228 valence electrons. The normalized spacial score (nSPS) is 18.0. The fourth-order valence-corrected chi connectivity index (χ4v) is 5.56. The molecule has 42 heavy (non-hydrogen) atoms. The van der Waals surface area contributed by atoms with Gasteiger partial charge in [-0.3, -0.25) is 4.98 Å². The number of carbonyl (C=O) groups is 2. The molecule has 0 aliphatic carbocycles.